The fourth-order valence-corrected chi connectivity index (χ4v) is 12.3. The maximum Gasteiger partial charge on any atom is 0.519 e. The van der Waals surface area contributed by atoms with Crippen LogP contribution in [-0.2, 0) is 20.9 Å². The molecule has 14 nitrogen and oxygen atoms in total. The van der Waals surface area contributed by atoms with Crippen molar-refractivity contribution in [1.82, 2.24) is 9.47 Å². The average Bonchev–Trinajstić information content (AvgIpc) is 3.94. The van der Waals surface area contributed by atoms with Gasteiger partial charge in [0.1, 0.15) is 22.6 Å². The van der Waals surface area contributed by atoms with Gasteiger partial charge < -0.3 is 38.0 Å². The van der Waals surface area contributed by atoms with E-state index in [1.807, 2.05) is 18.7 Å². The maximum atomic E-state index is 16.4. The normalized spacial score (nSPS) is 32.9. The molecule has 1 aromatic carbocycles. The third-order valence-corrected chi connectivity index (χ3v) is 15.7. The molecule has 0 amide bonds. The molecule has 1 aliphatic heterocycles. The number of allylic oxidation sites excluding steroid dienone is 1. The Kier molecular flexibility index (Phi) is 9.86. The van der Waals surface area contributed by atoms with Crippen LogP contribution in [0.1, 0.15) is 106 Å². The highest BCUT2D eigenvalue weighted by atomic mass is 19.1. The zero-order chi connectivity index (χ0) is 42.6. The summed E-state index contributed by atoms with van der Waals surface area (Å²) in [6.45, 7) is 8.54. The van der Waals surface area contributed by atoms with Crippen LogP contribution in [0.5, 0.6) is 5.75 Å². The number of halogens is 1. The molecule has 0 spiro atoms. The Morgan fingerprint density at radius 1 is 1.05 bits per heavy atom. The quantitative estimate of drug-likeness (QED) is 0.275. The highest BCUT2D eigenvalue weighted by Gasteiger charge is 2.68. The summed E-state index contributed by atoms with van der Waals surface area (Å²) in [5, 5.41) is 24.0. The fourth-order valence-electron chi connectivity index (χ4n) is 12.3. The van der Waals surface area contributed by atoms with E-state index < -0.39 is 52.5 Å². The van der Waals surface area contributed by atoms with Gasteiger partial charge in [0.2, 0.25) is 11.2 Å². The lowest BCUT2D eigenvalue weighted by atomic mass is 9.45. The van der Waals surface area contributed by atoms with Crippen LogP contribution >= 0.6 is 0 Å². The van der Waals surface area contributed by atoms with Gasteiger partial charge in [0.05, 0.1) is 30.7 Å². The minimum Gasteiger partial charge on any atom is -0.492 e. The van der Waals surface area contributed by atoms with E-state index >= 15 is 4.39 Å². The Balaban J connectivity index is 0.949. The zero-order valence-corrected chi connectivity index (χ0v) is 34.9. The van der Waals surface area contributed by atoms with E-state index in [0.29, 0.717) is 62.5 Å². The highest BCUT2D eigenvalue weighted by molar-refractivity contribution is 5.99. The number of benzene rings is 1. The topological polar surface area (TPSA) is 182 Å². The SMILES string of the molecule is COc1c(N2CCN(Cc3oc(=O)oc3C)C(C)C2)c(F)cc2c(=O)c(C(=O)OCC(=O)[C@]3(O)CC[C@@H]4[C@H]5CCC6=CC(=O)CC[C@@]6(C)C5[C@H](O)C[C@]43C)cn(C3CC3)c12. The summed E-state index contributed by atoms with van der Waals surface area (Å²) < 4.78 is 39.8. The maximum absolute atomic E-state index is 16.4. The molecule has 2 N–H and O–H groups in total. The van der Waals surface area contributed by atoms with Crippen molar-refractivity contribution in [3.63, 3.8) is 0 Å². The van der Waals surface area contributed by atoms with Crippen molar-refractivity contribution in [2.45, 2.75) is 116 Å². The van der Waals surface area contributed by atoms with Crippen molar-refractivity contribution >= 4 is 34.1 Å². The van der Waals surface area contributed by atoms with Gasteiger partial charge in [-0.15, -0.1) is 0 Å². The van der Waals surface area contributed by atoms with Crippen LogP contribution in [0, 0.1) is 41.3 Å². The summed E-state index contributed by atoms with van der Waals surface area (Å²) >= 11 is 0. The van der Waals surface area contributed by atoms with E-state index in [1.165, 1.54) is 13.3 Å². The second-order valence-electron chi connectivity index (χ2n) is 18.8. The highest BCUT2D eigenvalue weighted by Crippen LogP contribution is 2.67. The smallest absolute Gasteiger partial charge is 0.492 e. The number of ketones is 2. The van der Waals surface area contributed by atoms with Crippen LogP contribution in [0.15, 0.2) is 42.3 Å². The number of hydrogen-bond donors (Lipinski definition) is 2. The predicted octanol–water partition coefficient (Wildman–Crippen LogP) is 5.01. The van der Waals surface area contributed by atoms with Gasteiger partial charge in [-0.2, -0.15) is 0 Å². The van der Waals surface area contributed by atoms with Gasteiger partial charge in [-0.1, -0.05) is 19.4 Å². The van der Waals surface area contributed by atoms with Crippen molar-refractivity contribution in [2.75, 3.05) is 38.3 Å². The molecule has 5 aliphatic carbocycles. The fraction of sp³-hybridized carbons (Fsp3) is 0.622. The predicted molar refractivity (Wildman–Crippen MR) is 215 cm³/mol. The first-order valence-corrected chi connectivity index (χ1v) is 21.4. The van der Waals surface area contributed by atoms with Crippen LogP contribution < -0.4 is 20.9 Å². The molecule has 0 bridgehead atoms. The minimum absolute atomic E-state index is 0.0466. The molecular formula is C45H54FN3O11. The van der Waals surface area contributed by atoms with Gasteiger partial charge in [-0.3, -0.25) is 19.3 Å². The molecule has 2 aromatic heterocycles. The Labute approximate surface area is 346 Å². The number of aliphatic hydroxyl groups is 2. The number of methoxy groups -OCH3 is 1. The Bertz CT molecular complexity index is 2450. The molecule has 60 heavy (non-hydrogen) atoms. The van der Waals surface area contributed by atoms with E-state index in [4.69, 9.17) is 18.3 Å². The average molecular weight is 832 g/mol. The van der Waals surface area contributed by atoms with E-state index in [0.717, 1.165) is 37.3 Å². The number of hydrogen-bond acceptors (Lipinski definition) is 13. The number of Topliss-reactive ketones (excluding diaryl/α,β-unsaturated/α-hetero) is 1. The number of fused-ring (bicyclic) bond motifs is 6. The molecule has 15 heteroatoms. The van der Waals surface area contributed by atoms with Gasteiger partial charge in [-0.25, -0.2) is 14.0 Å². The number of anilines is 1. The molecule has 1 saturated heterocycles. The van der Waals surface area contributed by atoms with Crippen LogP contribution in [0.4, 0.5) is 10.1 Å². The lowest BCUT2D eigenvalue weighted by Gasteiger charge is -2.60. The number of esters is 1. The van der Waals surface area contributed by atoms with Gasteiger partial charge in [0.15, 0.2) is 29.7 Å². The Hall–Kier alpha value is -4.60. The van der Waals surface area contributed by atoms with Gasteiger partial charge in [0.25, 0.3) is 0 Å². The monoisotopic (exact) mass is 831 g/mol. The third kappa shape index (κ3) is 6.23. The van der Waals surface area contributed by atoms with Gasteiger partial charge in [0, 0.05) is 49.8 Å². The van der Waals surface area contributed by atoms with Crippen molar-refractivity contribution in [3.05, 3.63) is 67.7 Å². The van der Waals surface area contributed by atoms with E-state index in [2.05, 4.69) is 11.8 Å². The molecule has 5 fully saturated rings. The van der Waals surface area contributed by atoms with Crippen molar-refractivity contribution < 1.29 is 47.3 Å². The number of aromatic nitrogens is 1. The lowest BCUT2D eigenvalue weighted by molar-refractivity contribution is -0.182. The number of pyridine rings is 1. The van der Waals surface area contributed by atoms with Gasteiger partial charge >= 0.3 is 11.8 Å². The number of nitrogens with zero attached hydrogens (tertiary/aromatic N) is 3. The summed E-state index contributed by atoms with van der Waals surface area (Å²) in [6.07, 6.45) is 7.40. The van der Waals surface area contributed by atoms with Crippen LogP contribution in [0.3, 0.4) is 0 Å². The second kappa shape index (κ2) is 14.5. The van der Waals surface area contributed by atoms with Gasteiger partial charge in [-0.05, 0) is 101 Å². The molecule has 2 unspecified atom stereocenters. The number of carbonyl (C=O) groups excluding carboxylic acids is 3. The van der Waals surface area contributed by atoms with Crippen LogP contribution in [-0.4, -0.2) is 88.3 Å². The molecule has 8 atom stereocenters. The number of aryl methyl sites for hydroxylation is 1. The molecule has 6 aliphatic rings. The first-order chi connectivity index (χ1) is 28.5. The van der Waals surface area contributed by atoms with E-state index in [1.54, 1.807) is 17.6 Å². The minimum atomic E-state index is -1.87. The summed E-state index contributed by atoms with van der Waals surface area (Å²) in [6, 6.07) is 0.957. The summed E-state index contributed by atoms with van der Waals surface area (Å²) in [4.78, 5) is 69.8. The zero-order valence-electron chi connectivity index (χ0n) is 34.9. The van der Waals surface area contributed by atoms with E-state index in [9.17, 15) is 34.2 Å². The summed E-state index contributed by atoms with van der Waals surface area (Å²) in [5.74, 6) is -2.17. The standard InChI is InChI=1S/C45H54FN3O11/c1-23-19-48(15-14-47(23)21-34-24(2)59-42(55)60-34)38-32(46)17-29-37(40(38)57-5)49(26-7-8-26)20-30(39(29)53)41(54)58-22-35(52)45(56)13-11-31-28-9-6-25-16-27(50)10-12-43(25,3)36(28)33(51)18-44(31,45)4/h16-17,20,23,26,28,31,33,36,51,56H,6-15,18-19,21-22H2,1-5H3/t23?,28-,31-,33-,36?,43-,44-,45-/m1/s1. The molecule has 9 rings (SSSR count). The number of aliphatic hydroxyl groups excluding tert-OH is 1. The number of ether oxygens (including phenoxy) is 2. The number of piperazine rings is 1. The number of rotatable bonds is 9. The van der Waals surface area contributed by atoms with E-state index in [-0.39, 0.29) is 76.3 Å². The second-order valence-corrected chi connectivity index (χ2v) is 18.8. The summed E-state index contributed by atoms with van der Waals surface area (Å²) in [7, 11) is 1.42. The summed E-state index contributed by atoms with van der Waals surface area (Å²) in [5.41, 5.74) is -2.66. The first-order valence-electron chi connectivity index (χ1n) is 21.4. The molecule has 4 saturated carbocycles. The molecular weight excluding hydrogens is 778 g/mol. The lowest BCUT2D eigenvalue weighted by Crippen LogP contribution is -2.62. The van der Waals surface area contributed by atoms with Crippen molar-refractivity contribution in [1.29, 1.82) is 0 Å². The van der Waals surface area contributed by atoms with Crippen LogP contribution in [0.2, 0.25) is 0 Å². The molecule has 3 heterocycles. The third-order valence-electron chi connectivity index (χ3n) is 15.7. The molecule has 0 radical (unpaired) electrons. The number of carbonyl (C=O) groups is 3. The Morgan fingerprint density at radius 2 is 1.82 bits per heavy atom. The first kappa shape index (κ1) is 40.8. The van der Waals surface area contributed by atoms with Crippen molar-refractivity contribution in [3.8, 4) is 5.75 Å². The largest absolute Gasteiger partial charge is 0.519 e. The molecule has 322 valence electrons. The Morgan fingerprint density at radius 3 is 2.50 bits per heavy atom. The molecule has 3 aromatic rings. The van der Waals surface area contributed by atoms with Crippen LogP contribution in [0.25, 0.3) is 10.9 Å². The van der Waals surface area contributed by atoms with Crippen molar-refractivity contribution in [2.24, 2.45) is 28.6 Å².